The number of rotatable bonds is 6. The van der Waals surface area contributed by atoms with Crippen LogP contribution in [0, 0.1) is 5.41 Å². The van der Waals surface area contributed by atoms with E-state index in [4.69, 9.17) is 10.3 Å². The van der Waals surface area contributed by atoms with E-state index in [-0.39, 0.29) is 36.3 Å². The minimum atomic E-state index is -0.515. The van der Waals surface area contributed by atoms with Crippen molar-refractivity contribution in [1.82, 2.24) is 5.32 Å². The molecule has 0 saturated carbocycles. The van der Waals surface area contributed by atoms with Gasteiger partial charge in [0.15, 0.2) is 0 Å². The maximum Gasteiger partial charge on any atom is 0.306 e. The summed E-state index contributed by atoms with van der Waals surface area (Å²) in [6.45, 7) is 11.1. The van der Waals surface area contributed by atoms with Gasteiger partial charge < -0.3 is 10.1 Å². The van der Waals surface area contributed by atoms with E-state index in [1.807, 2.05) is 41.5 Å². The lowest BCUT2D eigenvalue weighted by Crippen LogP contribution is -2.45. The molecule has 0 aromatic heterocycles. The fraction of sp³-hybridized carbons (Fsp3) is 0.857. The van der Waals surface area contributed by atoms with E-state index in [1.165, 1.54) is 0 Å². The van der Waals surface area contributed by atoms with Crippen LogP contribution in [0.2, 0.25) is 0 Å². The summed E-state index contributed by atoms with van der Waals surface area (Å²) < 4.78 is 5.25. The molecule has 0 aromatic rings. The SMILES string of the molecule is CC(C)(C)OC(=O)CC[C@H](NC(=O)CN=[N+]=[N-])C(C)(C)C. The molecule has 120 valence electrons. The molecule has 0 radical (unpaired) electrons. The average molecular weight is 298 g/mol. The van der Waals surface area contributed by atoms with Crippen molar-refractivity contribution in [2.24, 2.45) is 10.5 Å². The highest BCUT2D eigenvalue weighted by atomic mass is 16.6. The lowest BCUT2D eigenvalue weighted by atomic mass is 9.84. The number of hydrogen-bond donors (Lipinski definition) is 1. The van der Waals surface area contributed by atoms with Crippen LogP contribution in [0.3, 0.4) is 0 Å². The first-order chi connectivity index (χ1) is 9.45. The standard InChI is InChI=1S/C14H26N4O3/c1-13(2,3)10(17-11(19)9-16-18-15)7-8-12(20)21-14(4,5)6/h10H,7-9H2,1-6H3,(H,17,19)/t10-/m0/s1. The van der Waals surface area contributed by atoms with Crippen molar-refractivity contribution in [1.29, 1.82) is 0 Å². The lowest BCUT2D eigenvalue weighted by molar-refractivity contribution is -0.155. The van der Waals surface area contributed by atoms with Crippen LogP contribution < -0.4 is 5.32 Å². The van der Waals surface area contributed by atoms with Crippen LogP contribution in [0.25, 0.3) is 10.4 Å². The Bertz CT molecular complexity index is 415. The van der Waals surface area contributed by atoms with Crippen LogP contribution in [-0.4, -0.2) is 30.1 Å². The Kier molecular flexibility index (Phi) is 7.22. The number of hydrogen-bond acceptors (Lipinski definition) is 4. The number of carbonyl (C=O) groups is 2. The van der Waals surface area contributed by atoms with Gasteiger partial charge in [0.2, 0.25) is 5.91 Å². The van der Waals surface area contributed by atoms with E-state index >= 15 is 0 Å². The molecule has 0 aromatic carbocycles. The fourth-order valence-electron chi connectivity index (χ4n) is 1.71. The minimum Gasteiger partial charge on any atom is -0.460 e. The molecule has 7 nitrogen and oxygen atoms in total. The summed E-state index contributed by atoms with van der Waals surface area (Å²) in [5.41, 5.74) is 7.48. The van der Waals surface area contributed by atoms with Crippen molar-refractivity contribution in [3.05, 3.63) is 10.4 Å². The summed E-state index contributed by atoms with van der Waals surface area (Å²) in [5, 5.41) is 6.03. The summed E-state index contributed by atoms with van der Waals surface area (Å²) in [5.74, 6) is -0.641. The normalized spacial score (nSPS) is 13.0. The molecule has 0 unspecified atom stereocenters. The van der Waals surface area contributed by atoms with Crippen LogP contribution in [0.5, 0.6) is 0 Å². The molecule has 0 saturated heterocycles. The van der Waals surface area contributed by atoms with Crippen LogP contribution >= 0.6 is 0 Å². The van der Waals surface area contributed by atoms with E-state index in [9.17, 15) is 9.59 Å². The largest absolute Gasteiger partial charge is 0.460 e. The molecule has 0 fully saturated rings. The van der Waals surface area contributed by atoms with Gasteiger partial charge in [0, 0.05) is 17.4 Å². The van der Waals surface area contributed by atoms with Gasteiger partial charge in [-0.2, -0.15) is 0 Å². The Balaban J connectivity index is 4.55. The molecule has 0 aliphatic rings. The van der Waals surface area contributed by atoms with Gasteiger partial charge in [-0.1, -0.05) is 25.9 Å². The van der Waals surface area contributed by atoms with Gasteiger partial charge in [0.25, 0.3) is 0 Å². The number of esters is 1. The second-order valence-electron chi connectivity index (χ2n) is 7.00. The van der Waals surface area contributed by atoms with Crippen molar-refractivity contribution in [2.75, 3.05) is 6.54 Å². The summed E-state index contributed by atoms with van der Waals surface area (Å²) >= 11 is 0. The van der Waals surface area contributed by atoms with Gasteiger partial charge in [-0.25, -0.2) is 0 Å². The number of azide groups is 1. The zero-order valence-electron chi connectivity index (χ0n) is 13.8. The molecule has 0 aliphatic carbocycles. The molecule has 0 spiro atoms. The summed E-state index contributed by atoms with van der Waals surface area (Å²) in [4.78, 5) is 25.9. The third-order valence-corrected chi connectivity index (χ3v) is 2.72. The van der Waals surface area contributed by atoms with Crippen molar-refractivity contribution in [3.8, 4) is 0 Å². The highest BCUT2D eigenvalue weighted by molar-refractivity contribution is 5.78. The molecule has 0 rings (SSSR count). The van der Waals surface area contributed by atoms with E-state index in [0.717, 1.165) is 0 Å². The van der Waals surface area contributed by atoms with Crippen molar-refractivity contribution < 1.29 is 14.3 Å². The number of ether oxygens (including phenoxy) is 1. The van der Waals surface area contributed by atoms with Crippen molar-refractivity contribution in [3.63, 3.8) is 0 Å². The van der Waals surface area contributed by atoms with Gasteiger partial charge >= 0.3 is 5.97 Å². The minimum absolute atomic E-state index is 0.202. The van der Waals surface area contributed by atoms with Crippen LogP contribution in [0.15, 0.2) is 5.11 Å². The molecule has 0 aliphatic heterocycles. The molecule has 1 atom stereocenters. The Morgan fingerprint density at radius 2 is 1.81 bits per heavy atom. The van der Waals surface area contributed by atoms with Gasteiger partial charge in [0.05, 0.1) is 0 Å². The van der Waals surface area contributed by atoms with Gasteiger partial charge in [-0.15, -0.1) is 0 Å². The van der Waals surface area contributed by atoms with E-state index in [1.54, 1.807) is 0 Å². The molecule has 0 bridgehead atoms. The molecule has 0 heterocycles. The number of nitrogens with zero attached hydrogens (tertiary/aromatic N) is 3. The Morgan fingerprint density at radius 1 is 1.24 bits per heavy atom. The predicted octanol–water partition coefficient (Wildman–Crippen LogP) is 2.95. The second-order valence-corrected chi connectivity index (χ2v) is 7.00. The molecule has 21 heavy (non-hydrogen) atoms. The van der Waals surface area contributed by atoms with Crippen LogP contribution in [0.4, 0.5) is 0 Å². The number of amides is 1. The third-order valence-electron chi connectivity index (χ3n) is 2.72. The summed E-state index contributed by atoms with van der Waals surface area (Å²) in [6.07, 6.45) is 0.696. The highest BCUT2D eigenvalue weighted by Gasteiger charge is 2.27. The van der Waals surface area contributed by atoms with Crippen molar-refractivity contribution >= 4 is 11.9 Å². The zero-order valence-corrected chi connectivity index (χ0v) is 13.8. The highest BCUT2D eigenvalue weighted by Crippen LogP contribution is 2.23. The topological polar surface area (TPSA) is 104 Å². The maximum atomic E-state index is 11.7. The summed E-state index contributed by atoms with van der Waals surface area (Å²) in [7, 11) is 0. The molecule has 1 N–H and O–H groups in total. The first-order valence-electron chi connectivity index (χ1n) is 6.98. The van der Waals surface area contributed by atoms with E-state index < -0.39 is 5.60 Å². The van der Waals surface area contributed by atoms with Gasteiger partial charge in [-0.05, 0) is 38.1 Å². The molecular formula is C14H26N4O3. The molecule has 7 heteroatoms. The Morgan fingerprint density at radius 3 is 2.24 bits per heavy atom. The maximum absolute atomic E-state index is 11.7. The van der Waals surface area contributed by atoms with Gasteiger partial charge in [-0.3, -0.25) is 9.59 Å². The van der Waals surface area contributed by atoms with Crippen LogP contribution in [0.1, 0.15) is 54.4 Å². The lowest BCUT2D eigenvalue weighted by Gasteiger charge is -2.31. The third kappa shape index (κ3) is 9.73. The predicted molar refractivity (Wildman–Crippen MR) is 80.5 cm³/mol. The van der Waals surface area contributed by atoms with Crippen molar-refractivity contribution in [2.45, 2.75) is 66.0 Å². The summed E-state index contributed by atoms with van der Waals surface area (Å²) in [6, 6.07) is -0.202. The number of carbonyl (C=O) groups excluding carboxylic acids is 2. The second kappa shape index (κ2) is 7.88. The monoisotopic (exact) mass is 298 g/mol. The molecule has 1 amide bonds. The average Bonchev–Trinajstić information content (AvgIpc) is 2.28. The number of nitrogens with one attached hydrogen (secondary N) is 1. The first-order valence-corrected chi connectivity index (χ1v) is 6.98. The van der Waals surface area contributed by atoms with E-state index in [2.05, 4.69) is 15.3 Å². The smallest absolute Gasteiger partial charge is 0.306 e. The first kappa shape index (κ1) is 19.2. The van der Waals surface area contributed by atoms with E-state index in [0.29, 0.717) is 6.42 Å². The Labute approximate surface area is 126 Å². The quantitative estimate of drug-likeness (QED) is 0.353. The molecular weight excluding hydrogens is 272 g/mol. The zero-order chi connectivity index (χ0) is 16.7. The fourth-order valence-corrected chi connectivity index (χ4v) is 1.71. The van der Waals surface area contributed by atoms with Crippen LogP contribution in [-0.2, 0) is 14.3 Å². The Hall–Kier alpha value is -1.75. The van der Waals surface area contributed by atoms with Gasteiger partial charge in [0.1, 0.15) is 12.1 Å².